The van der Waals surface area contributed by atoms with Gasteiger partial charge in [-0.3, -0.25) is 0 Å². The second kappa shape index (κ2) is 6.85. The van der Waals surface area contributed by atoms with Crippen molar-refractivity contribution in [2.75, 3.05) is 25.1 Å². The molecule has 0 aromatic carbocycles. The molecule has 2 aromatic heterocycles. The highest BCUT2D eigenvalue weighted by atomic mass is 16.5. The first-order valence-electron chi connectivity index (χ1n) is 7.43. The summed E-state index contributed by atoms with van der Waals surface area (Å²) in [6.07, 6.45) is 2.90. The van der Waals surface area contributed by atoms with Crippen LogP contribution in [0.15, 0.2) is 22.9 Å². The zero-order valence-corrected chi connectivity index (χ0v) is 12.8. The summed E-state index contributed by atoms with van der Waals surface area (Å²) in [7, 11) is 0. The summed E-state index contributed by atoms with van der Waals surface area (Å²) in [6, 6.07) is 3.88. The highest BCUT2D eigenvalue weighted by molar-refractivity contribution is 5.57. The largest absolute Gasteiger partial charge is 0.379 e. The van der Waals surface area contributed by atoms with Crippen molar-refractivity contribution in [3.63, 3.8) is 0 Å². The van der Waals surface area contributed by atoms with E-state index in [1.54, 1.807) is 13.1 Å². The number of hydrogen-bond acceptors (Lipinski definition) is 7. The van der Waals surface area contributed by atoms with Gasteiger partial charge in [0.1, 0.15) is 5.82 Å². The molecular weight excluding hydrogens is 284 g/mol. The standard InChI is InChI=1S/C15H20N4O3/c1-10(8-21-13-4-6-20-9-13)17-14-7-12(3-5-16-14)15-18-11(2)19-22-15/h3,5,7,10,13H,4,6,8-9H2,1-2H3,(H,16,17). The molecule has 118 valence electrons. The van der Waals surface area contributed by atoms with Gasteiger partial charge in [0, 0.05) is 24.4 Å². The van der Waals surface area contributed by atoms with Gasteiger partial charge in [0.25, 0.3) is 5.89 Å². The summed E-state index contributed by atoms with van der Waals surface area (Å²) in [6.45, 7) is 5.94. The third-order valence-corrected chi connectivity index (χ3v) is 3.40. The summed E-state index contributed by atoms with van der Waals surface area (Å²) < 4.78 is 16.3. The van der Waals surface area contributed by atoms with Crippen LogP contribution in [0.4, 0.5) is 5.82 Å². The lowest BCUT2D eigenvalue weighted by atomic mass is 10.2. The molecule has 0 bridgehead atoms. The van der Waals surface area contributed by atoms with Crippen LogP contribution in [0.5, 0.6) is 0 Å². The third-order valence-electron chi connectivity index (χ3n) is 3.40. The van der Waals surface area contributed by atoms with E-state index in [0.29, 0.717) is 24.9 Å². The average molecular weight is 304 g/mol. The molecule has 22 heavy (non-hydrogen) atoms. The van der Waals surface area contributed by atoms with Crippen LogP contribution in [0.2, 0.25) is 0 Å². The van der Waals surface area contributed by atoms with Gasteiger partial charge in [-0.15, -0.1) is 0 Å². The number of nitrogens with one attached hydrogen (secondary N) is 1. The van der Waals surface area contributed by atoms with Gasteiger partial charge in [0.15, 0.2) is 5.82 Å². The monoisotopic (exact) mass is 304 g/mol. The quantitative estimate of drug-likeness (QED) is 0.874. The molecule has 2 aromatic rings. The smallest absolute Gasteiger partial charge is 0.258 e. The van der Waals surface area contributed by atoms with Crippen LogP contribution in [0, 0.1) is 6.92 Å². The molecule has 7 nitrogen and oxygen atoms in total. The summed E-state index contributed by atoms with van der Waals surface area (Å²) >= 11 is 0. The van der Waals surface area contributed by atoms with Crippen molar-refractivity contribution in [2.45, 2.75) is 32.4 Å². The number of aromatic nitrogens is 3. The molecule has 1 aliphatic rings. The van der Waals surface area contributed by atoms with Crippen LogP contribution in [-0.2, 0) is 9.47 Å². The van der Waals surface area contributed by atoms with Crippen LogP contribution in [0.3, 0.4) is 0 Å². The topological polar surface area (TPSA) is 82.3 Å². The van der Waals surface area contributed by atoms with E-state index in [0.717, 1.165) is 24.4 Å². The Bertz CT molecular complexity index is 610. The summed E-state index contributed by atoms with van der Waals surface area (Å²) in [5, 5.41) is 7.11. The SMILES string of the molecule is Cc1noc(-c2ccnc(NC(C)COC3CCOC3)c2)n1. The molecule has 0 amide bonds. The van der Waals surface area contributed by atoms with Crippen molar-refractivity contribution in [1.82, 2.24) is 15.1 Å². The molecule has 1 fully saturated rings. The molecule has 1 N–H and O–H groups in total. The zero-order valence-electron chi connectivity index (χ0n) is 12.8. The lowest BCUT2D eigenvalue weighted by Crippen LogP contribution is -2.26. The van der Waals surface area contributed by atoms with E-state index >= 15 is 0 Å². The highest BCUT2D eigenvalue weighted by Gasteiger charge is 2.17. The molecule has 0 aliphatic carbocycles. The number of nitrogens with zero attached hydrogens (tertiary/aromatic N) is 3. The maximum absolute atomic E-state index is 5.80. The Labute approximate surface area is 129 Å². The van der Waals surface area contributed by atoms with Gasteiger partial charge < -0.3 is 19.3 Å². The fraction of sp³-hybridized carbons (Fsp3) is 0.533. The molecule has 1 aliphatic heterocycles. The first-order valence-corrected chi connectivity index (χ1v) is 7.43. The molecule has 7 heteroatoms. The number of aryl methyl sites for hydroxylation is 1. The maximum atomic E-state index is 5.80. The minimum absolute atomic E-state index is 0.146. The second-order valence-corrected chi connectivity index (χ2v) is 5.44. The number of ether oxygens (including phenoxy) is 2. The van der Waals surface area contributed by atoms with Crippen LogP contribution in [-0.4, -0.2) is 47.1 Å². The van der Waals surface area contributed by atoms with Gasteiger partial charge in [-0.2, -0.15) is 4.98 Å². The van der Waals surface area contributed by atoms with E-state index in [2.05, 4.69) is 27.4 Å². The molecule has 0 spiro atoms. The normalized spacial score (nSPS) is 19.3. The van der Waals surface area contributed by atoms with E-state index < -0.39 is 0 Å². The van der Waals surface area contributed by atoms with Gasteiger partial charge in [0.05, 0.1) is 19.3 Å². The van der Waals surface area contributed by atoms with Crippen LogP contribution in [0.1, 0.15) is 19.2 Å². The molecule has 0 saturated carbocycles. The summed E-state index contributed by atoms with van der Waals surface area (Å²) in [5.41, 5.74) is 0.843. The van der Waals surface area contributed by atoms with Crippen molar-refractivity contribution >= 4 is 5.82 Å². The van der Waals surface area contributed by atoms with E-state index in [1.165, 1.54) is 0 Å². The fourth-order valence-electron chi connectivity index (χ4n) is 2.28. The Balaban J connectivity index is 1.57. The molecule has 3 heterocycles. The number of anilines is 1. The van der Waals surface area contributed by atoms with Gasteiger partial charge in [0.2, 0.25) is 0 Å². The Morgan fingerprint density at radius 2 is 2.41 bits per heavy atom. The van der Waals surface area contributed by atoms with Crippen molar-refractivity contribution in [3.8, 4) is 11.5 Å². The minimum atomic E-state index is 0.146. The van der Waals surface area contributed by atoms with E-state index in [1.807, 2.05) is 12.1 Å². The number of hydrogen-bond donors (Lipinski definition) is 1. The van der Waals surface area contributed by atoms with E-state index in [-0.39, 0.29) is 12.1 Å². The summed E-state index contributed by atoms with van der Waals surface area (Å²) in [5.74, 6) is 1.86. The Kier molecular flexibility index (Phi) is 4.65. The van der Waals surface area contributed by atoms with Crippen molar-refractivity contribution in [2.24, 2.45) is 0 Å². The highest BCUT2D eigenvalue weighted by Crippen LogP contribution is 2.19. The lowest BCUT2D eigenvalue weighted by molar-refractivity contribution is 0.0395. The Morgan fingerprint density at radius 1 is 1.50 bits per heavy atom. The number of rotatable bonds is 6. The molecule has 0 radical (unpaired) electrons. The van der Waals surface area contributed by atoms with Gasteiger partial charge in [-0.05, 0) is 32.4 Å². The fourth-order valence-corrected chi connectivity index (χ4v) is 2.28. The molecule has 2 atom stereocenters. The van der Waals surface area contributed by atoms with Crippen LogP contribution < -0.4 is 5.32 Å². The summed E-state index contributed by atoms with van der Waals surface area (Å²) in [4.78, 5) is 8.53. The van der Waals surface area contributed by atoms with Crippen molar-refractivity contribution in [1.29, 1.82) is 0 Å². The van der Waals surface area contributed by atoms with Gasteiger partial charge in [-0.25, -0.2) is 4.98 Å². The van der Waals surface area contributed by atoms with Crippen LogP contribution >= 0.6 is 0 Å². The van der Waals surface area contributed by atoms with E-state index in [4.69, 9.17) is 14.0 Å². The maximum Gasteiger partial charge on any atom is 0.258 e. The predicted octanol–water partition coefficient (Wildman–Crippen LogP) is 2.05. The Morgan fingerprint density at radius 3 is 3.14 bits per heavy atom. The molecular formula is C15H20N4O3. The lowest BCUT2D eigenvalue weighted by Gasteiger charge is -2.17. The number of pyridine rings is 1. The van der Waals surface area contributed by atoms with Crippen molar-refractivity contribution < 1.29 is 14.0 Å². The second-order valence-electron chi connectivity index (χ2n) is 5.44. The zero-order chi connectivity index (χ0) is 15.4. The van der Waals surface area contributed by atoms with Gasteiger partial charge >= 0.3 is 0 Å². The Hall–Kier alpha value is -1.99. The first kappa shape index (κ1) is 14.9. The minimum Gasteiger partial charge on any atom is -0.379 e. The molecule has 2 unspecified atom stereocenters. The molecule has 3 rings (SSSR count). The molecule has 1 saturated heterocycles. The first-order chi connectivity index (χ1) is 10.7. The average Bonchev–Trinajstić information content (AvgIpc) is 3.17. The predicted molar refractivity (Wildman–Crippen MR) is 80.5 cm³/mol. The van der Waals surface area contributed by atoms with Crippen LogP contribution in [0.25, 0.3) is 11.5 Å². The van der Waals surface area contributed by atoms with E-state index in [9.17, 15) is 0 Å². The van der Waals surface area contributed by atoms with Crippen molar-refractivity contribution in [3.05, 3.63) is 24.2 Å². The van der Waals surface area contributed by atoms with Gasteiger partial charge in [-0.1, -0.05) is 5.16 Å². The third kappa shape index (κ3) is 3.80.